The second-order valence-corrected chi connectivity index (χ2v) is 2.59. The van der Waals surface area contributed by atoms with E-state index in [0.717, 1.165) is 6.21 Å². The monoisotopic (exact) mass is 220 g/mol. The molecule has 0 aromatic heterocycles. The molecule has 72 valence electrons. The number of carbonyl (C=O) groups is 1. The second-order valence-electron chi connectivity index (χ2n) is 1.71. The van der Waals surface area contributed by atoms with E-state index in [0.29, 0.717) is 0 Å². The van der Waals surface area contributed by atoms with Crippen molar-refractivity contribution in [2.45, 2.75) is 0 Å². The number of carbonyl (C=O) groups excluding carboxylic acids is 1. The van der Waals surface area contributed by atoms with Crippen molar-refractivity contribution in [3.8, 4) is 0 Å². The van der Waals surface area contributed by atoms with Gasteiger partial charge in [-0.2, -0.15) is 5.10 Å². The molecule has 0 aliphatic heterocycles. The molecule has 7 N–H and O–H groups in total. The third-order valence-corrected chi connectivity index (χ3v) is 0.859. The third-order valence-electron chi connectivity index (χ3n) is 0.665. The van der Waals surface area contributed by atoms with E-state index in [1.807, 2.05) is 0 Å². The minimum absolute atomic E-state index is 0.0358. The fourth-order valence-corrected chi connectivity index (χ4v) is 0.414. The summed E-state index contributed by atoms with van der Waals surface area (Å²) in [5, 5.41) is 3.28. The average Bonchev–Trinajstić information content (AvgIpc) is 2.00. The molecular weight excluding hydrogens is 212 g/mol. The van der Waals surface area contributed by atoms with Gasteiger partial charge in [-0.05, 0) is 24.4 Å². The Hall–Kier alpha value is -1.48. The van der Waals surface area contributed by atoms with Gasteiger partial charge in [0.2, 0.25) is 0 Å². The number of nitrogens with zero attached hydrogens (tertiary/aromatic N) is 1. The minimum atomic E-state index is -0.545. The molecule has 0 saturated carbocycles. The summed E-state index contributed by atoms with van der Waals surface area (Å²) < 4.78 is 0. The lowest BCUT2D eigenvalue weighted by Crippen LogP contribution is -2.45. The Balaban J connectivity index is 3.67. The quantitative estimate of drug-likeness (QED) is 0.201. The van der Waals surface area contributed by atoms with Crippen LogP contribution in [0.2, 0.25) is 0 Å². The zero-order chi connectivity index (χ0) is 10.3. The predicted molar refractivity (Wildman–Crippen MR) is 56.5 cm³/mol. The first-order valence-corrected chi connectivity index (χ1v) is 3.78. The highest BCUT2D eigenvalue weighted by atomic mass is 32.1. The van der Waals surface area contributed by atoms with Crippen molar-refractivity contribution in [3.63, 3.8) is 0 Å². The van der Waals surface area contributed by atoms with Gasteiger partial charge in [-0.15, -0.1) is 0 Å². The lowest BCUT2D eigenvalue weighted by Gasteiger charge is -2.01. The Morgan fingerprint density at radius 3 is 2.31 bits per heavy atom. The van der Waals surface area contributed by atoms with E-state index < -0.39 is 5.91 Å². The van der Waals surface area contributed by atoms with Gasteiger partial charge < -0.3 is 11.5 Å². The van der Waals surface area contributed by atoms with Crippen LogP contribution >= 0.6 is 24.4 Å². The first kappa shape index (κ1) is 11.5. The highest BCUT2D eigenvalue weighted by Gasteiger charge is 1.93. The molecule has 0 fully saturated rings. The van der Waals surface area contributed by atoms with Crippen molar-refractivity contribution in [2.24, 2.45) is 16.6 Å². The summed E-state index contributed by atoms with van der Waals surface area (Å²) in [6.07, 6.45) is 0.921. The molecule has 7 nitrogen and oxygen atoms in total. The molecule has 0 aliphatic rings. The number of nitrogens with one attached hydrogen (secondary N) is 3. The fourth-order valence-electron chi connectivity index (χ4n) is 0.310. The Morgan fingerprint density at radius 2 is 1.85 bits per heavy atom. The van der Waals surface area contributed by atoms with Crippen molar-refractivity contribution < 1.29 is 4.79 Å². The largest absolute Gasteiger partial charge is 0.375 e. The number of hydrazine groups is 1. The average molecular weight is 220 g/mol. The molecule has 0 saturated heterocycles. The SMILES string of the molecule is NC(=S)N/N=C/C(=O)NNC(N)=S. The Morgan fingerprint density at radius 1 is 1.23 bits per heavy atom. The number of hydrogen-bond donors (Lipinski definition) is 5. The van der Waals surface area contributed by atoms with Gasteiger partial charge in [0.05, 0.1) is 0 Å². The van der Waals surface area contributed by atoms with Crippen molar-refractivity contribution in [3.05, 3.63) is 0 Å². The molecule has 0 rings (SSSR count). The van der Waals surface area contributed by atoms with Gasteiger partial charge in [-0.1, -0.05) is 0 Å². The molecule has 0 spiro atoms. The van der Waals surface area contributed by atoms with Crippen LogP contribution in [0.25, 0.3) is 0 Å². The van der Waals surface area contributed by atoms with E-state index in [9.17, 15) is 4.79 Å². The highest BCUT2D eigenvalue weighted by Crippen LogP contribution is 1.60. The van der Waals surface area contributed by atoms with E-state index in [1.54, 1.807) is 0 Å². The highest BCUT2D eigenvalue weighted by molar-refractivity contribution is 7.80. The fraction of sp³-hybridized carbons (Fsp3) is 0. The summed E-state index contributed by atoms with van der Waals surface area (Å²) in [6.45, 7) is 0. The zero-order valence-electron chi connectivity index (χ0n) is 6.40. The maximum absolute atomic E-state index is 10.8. The van der Waals surface area contributed by atoms with E-state index in [-0.39, 0.29) is 10.2 Å². The predicted octanol–water partition coefficient (Wildman–Crippen LogP) is -2.33. The molecule has 0 aromatic rings. The van der Waals surface area contributed by atoms with Crippen LogP contribution in [0.3, 0.4) is 0 Å². The number of hydrazone groups is 1. The first-order chi connectivity index (χ1) is 6.02. The molecule has 0 unspecified atom stereocenters. The van der Waals surface area contributed by atoms with E-state index in [1.165, 1.54) is 0 Å². The number of nitrogens with two attached hydrogens (primary N) is 2. The molecule has 9 heteroatoms. The van der Waals surface area contributed by atoms with Crippen LogP contribution in [0.15, 0.2) is 5.10 Å². The first-order valence-electron chi connectivity index (χ1n) is 2.96. The second kappa shape index (κ2) is 6.08. The normalized spacial score (nSPS) is 9.23. The summed E-state index contributed by atoms with van der Waals surface area (Å²) in [5.74, 6) is -0.545. The van der Waals surface area contributed by atoms with Gasteiger partial charge in [0, 0.05) is 0 Å². The van der Waals surface area contributed by atoms with Gasteiger partial charge in [0.15, 0.2) is 10.2 Å². The Kier molecular flexibility index (Phi) is 5.39. The molecule has 0 radical (unpaired) electrons. The number of thiocarbonyl (C=S) groups is 2. The number of hydrogen-bond acceptors (Lipinski definition) is 4. The van der Waals surface area contributed by atoms with Crippen molar-refractivity contribution in [1.29, 1.82) is 0 Å². The van der Waals surface area contributed by atoms with Crippen molar-refractivity contribution >= 4 is 46.8 Å². The van der Waals surface area contributed by atoms with Gasteiger partial charge in [-0.3, -0.25) is 21.1 Å². The standard InChI is InChI=1S/C4H8N6OS2/c5-3(12)9-7-1-2(11)8-10-4(6)13/h1H,(H,8,11)(H3,5,9,12)(H3,6,10,13)/b7-1+. The number of rotatable bonds is 2. The molecule has 13 heavy (non-hydrogen) atoms. The van der Waals surface area contributed by atoms with E-state index in [4.69, 9.17) is 11.5 Å². The Bertz CT molecular complexity index is 251. The molecule has 0 aromatic carbocycles. The number of amides is 1. The molecule has 0 aliphatic carbocycles. The Labute approximate surface area is 84.9 Å². The van der Waals surface area contributed by atoms with Crippen LogP contribution in [0.1, 0.15) is 0 Å². The van der Waals surface area contributed by atoms with Crippen molar-refractivity contribution in [2.75, 3.05) is 0 Å². The van der Waals surface area contributed by atoms with Crippen LogP contribution in [0, 0.1) is 0 Å². The lowest BCUT2D eigenvalue weighted by molar-refractivity contribution is -0.114. The van der Waals surface area contributed by atoms with Gasteiger partial charge in [0.25, 0.3) is 5.91 Å². The molecular formula is C4H8N6OS2. The van der Waals surface area contributed by atoms with Crippen LogP contribution in [-0.2, 0) is 4.79 Å². The molecule has 0 bridgehead atoms. The van der Waals surface area contributed by atoms with Crippen LogP contribution in [0.5, 0.6) is 0 Å². The molecule has 0 atom stereocenters. The topological polar surface area (TPSA) is 118 Å². The summed E-state index contributed by atoms with van der Waals surface area (Å²) in [5.41, 5.74) is 16.6. The lowest BCUT2D eigenvalue weighted by atomic mass is 10.7. The van der Waals surface area contributed by atoms with Crippen LogP contribution in [-0.4, -0.2) is 22.3 Å². The van der Waals surface area contributed by atoms with E-state index in [2.05, 4.69) is 45.8 Å². The summed E-state index contributed by atoms with van der Waals surface area (Å²) in [6, 6.07) is 0. The van der Waals surface area contributed by atoms with Gasteiger partial charge in [-0.25, -0.2) is 0 Å². The van der Waals surface area contributed by atoms with Crippen LogP contribution < -0.4 is 27.7 Å². The van der Waals surface area contributed by atoms with E-state index >= 15 is 0 Å². The van der Waals surface area contributed by atoms with Gasteiger partial charge >= 0.3 is 0 Å². The van der Waals surface area contributed by atoms with Crippen molar-refractivity contribution in [1.82, 2.24) is 16.3 Å². The maximum Gasteiger partial charge on any atom is 0.282 e. The molecule has 0 heterocycles. The zero-order valence-corrected chi connectivity index (χ0v) is 8.04. The third kappa shape index (κ3) is 8.43. The maximum atomic E-state index is 10.8. The summed E-state index contributed by atoms with van der Waals surface area (Å²) >= 11 is 8.84. The van der Waals surface area contributed by atoms with Gasteiger partial charge in [0.1, 0.15) is 6.21 Å². The summed E-state index contributed by atoms with van der Waals surface area (Å²) in [4.78, 5) is 10.8. The smallest absolute Gasteiger partial charge is 0.282 e. The van der Waals surface area contributed by atoms with Crippen LogP contribution in [0.4, 0.5) is 0 Å². The molecule has 1 amide bonds. The summed E-state index contributed by atoms with van der Waals surface area (Å²) in [7, 11) is 0. The minimum Gasteiger partial charge on any atom is -0.375 e.